The number of halogens is 5. The van der Waals surface area contributed by atoms with Gasteiger partial charge in [0.05, 0.1) is 35.5 Å². The topological polar surface area (TPSA) is 145 Å². The van der Waals surface area contributed by atoms with Crippen LogP contribution in [0.25, 0.3) is 0 Å². The Labute approximate surface area is 211 Å². The van der Waals surface area contributed by atoms with E-state index in [4.69, 9.17) is 32.7 Å². The number of esters is 2. The number of carbonyl (C=O) groups excluding carboxylic acids is 3. The molecular formula is C21H17Cl2F3NO9-. The predicted octanol–water partition coefficient (Wildman–Crippen LogP) is 2.88. The van der Waals surface area contributed by atoms with E-state index in [1.807, 2.05) is 0 Å². The van der Waals surface area contributed by atoms with Gasteiger partial charge < -0.3 is 24.1 Å². The maximum absolute atomic E-state index is 12.8. The molecule has 36 heavy (non-hydrogen) atoms. The number of carbonyl (C=O) groups is 3. The van der Waals surface area contributed by atoms with E-state index in [1.54, 1.807) is 0 Å². The highest BCUT2D eigenvalue weighted by atomic mass is 35.5. The van der Waals surface area contributed by atoms with Gasteiger partial charge in [-0.25, -0.2) is 0 Å². The van der Waals surface area contributed by atoms with Crippen LogP contribution in [0.15, 0.2) is 42.2 Å². The average Bonchev–Trinajstić information content (AvgIpc) is 2.79. The number of hydrogen-bond acceptors (Lipinski definition) is 9. The van der Waals surface area contributed by atoms with Gasteiger partial charge in [0.15, 0.2) is 12.0 Å². The highest BCUT2D eigenvalue weighted by molar-refractivity contribution is 6.32. The molecule has 10 nitrogen and oxygen atoms in total. The van der Waals surface area contributed by atoms with Gasteiger partial charge in [-0.2, -0.15) is 13.2 Å². The first-order chi connectivity index (χ1) is 16.7. The number of ether oxygens (including phenoxy) is 3. The van der Waals surface area contributed by atoms with Crippen molar-refractivity contribution in [2.75, 3.05) is 12.7 Å². The molecule has 1 aliphatic carbocycles. The van der Waals surface area contributed by atoms with E-state index >= 15 is 0 Å². The molecule has 3 unspecified atom stereocenters. The molecule has 0 amide bonds. The average molecular weight is 555 g/mol. The third-order valence-electron chi connectivity index (χ3n) is 5.14. The number of benzene rings is 1. The normalized spacial score (nSPS) is 20.2. The molecule has 196 valence electrons. The molecule has 1 aromatic carbocycles. The molecular weight excluding hydrogens is 538 g/mol. The van der Waals surface area contributed by atoms with Crippen LogP contribution in [0.3, 0.4) is 0 Å². The summed E-state index contributed by atoms with van der Waals surface area (Å²) in [5, 5.41) is 23.2. The third kappa shape index (κ3) is 6.66. The van der Waals surface area contributed by atoms with Crippen LogP contribution in [0.5, 0.6) is 5.75 Å². The molecule has 0 N–H and O–H groups in total. The first kappa shape index (κ1) is 28.9. The zero-order chi connectivity index (χ0) is 27.3. The molecule has 0 saturated heterocycles. The SMILES string of the molecule is CC(C(=O)OCCl)C(=O)OCCC1([N+](=O)[O-])C=CC(Oc2ccc(C(F)(F)F)cc2Cl)=CC1C(=O)[O-]. The number of nitro groups is 1. The third-order valence-corrected chi connectivity index (χ3v) is 5.54. The zero-order valence-corrected chi connectivity index (χ0v) is 19.8. The number of carboxylic acid groups (broad SMARTS) is 1. The van der Waals surface area contributed by atoms with E-state index in [9.17, 15) is 42.8 Å². The smallest absolute Gasteiger partial charge is 0.416 e. The summed E-state index contributed by atoms with van der Waals surface area (Å²) < 4.78 is 53.1. The quantitative estimate of drug-likeness (QED) is 0.140. The van der Waals surface area contributed by atoms with E-state index in [0.717, 1.165) is 31.2 Å². The molecule has 0 heterocycles. The Morgan fingerprint density at radius 3 is 2.39 bits per heavy atom. The Kier molecular flexibility index (Phi) is 9.32. The van der Waals surface area contributed by atoms with Gasteiger partial charge >= 0.3 is 18.1 Å². The summed E-state index contributed by atoms with van der Waals surface area (Å²) in [6.07, 6.45) is -2.57. The molecule has 0 fully saturated rings. The molecule has 3 atom stereocenters. The summed E-state index contributed by atoms with van der Waals surface area (Å²) in [7, 11) is 0. The van der Waals surface area contributed by atoms with Crippen molar-refractivity contribution in [3.05, 3.63) is 62.9 Å². The van der Waals surface area contributed by atoms with Gasteiger partial charge in [0, 0.05) is 4.92 Å². The van der Waals surface area contributed by atoms with Crippen molar-refractivity contribution in [2.45, 2.75) is 25.1 Å². The number of aliphatic carboxylic acids is 1. The Morgan fingerprint density at radius 1 is 1.22 bits per heavy atom. The van der Waals surface area contributed by atoms with Crippen LogP contribution in [0.4, 0.5) is 13.2 Å². The van der Waals surface area contributed by atoms with Gasteiger partial charge in [-0.05, 0) is 43.4 Å². The van der Waals surface area contributed by atoms with Gasteiger partial charge in [-0.3, -0.25) is 19.7 Å². The molecule has 1 aliphatic rings. The fourth-order valence-corrected chi connectivity index (χ4v) is 3.47. The van der Waals surface area contributed by atoms with Gasteiger partial charge in [0.2, 0.25) is 0 Å². The molecule has 1 aromatic rings. The van der Waals surface area contributed by atoms with Crippen molar-refractivity contribution < 1.29 is 51.8 Å². The molecule has 0 radical (unpaired) electrons. The van der Waals surface area contributed by atoms with Gasteiger partial charge in [-0.15, -0.1) is 0 Å². The van der Waals surface area contributed by atoms with Crippen LogP contribution >= 0.6 is 23.2 Å². The Hall–Kier alpha value is -3.32. The van der Waals surface area contributed by atoms with Gasteiger partial charge in [0.25, 0.3) is 5.54 Å². The first-order valence-corrected chi connectivity index (χ1v) is 10.8. The number of hydrogen-bond donors (Lipinski definition) is 0. The number of rotatable bonds is 10. The van der Waals surface area contributed by atoms with Crippen LogP contribution in [0.2, 0.25) is 5.02 Å². The van der Waals surface area contributed by atoms with Crippen molar-refractivity contribution in [2.24, 2.45) is 11.8 Å². The summed E-state index contributed by atoms with van der Waals surface area (Å²) in [5.41, 5.74) is -3.39. The maximum atomic E-state index is 12.8. The number of nitrogens with zero attached hydrogens (tertiary/aromatic N) is 1. The molecule has 0 aromatic heterocycles. The Morgan fingerprint density at radius 2 is 1.86 bits per heavy atom. The second kappa shape index (κ2) is 11.6. The minimum atomic E-state index is -4.66. The summed E-state index contributed by atoms with van der Waals surface area (Å²) >= 11 is 11.1. The number of alkyl halides is 4. The van der Waals surface area contributed by atoms with Crippen LogP contribution in [0, 0.1) is 22.0 Å². The second-order valence-electron chi connectivity index (χ2n) is 7.40. The molecule has 15 heteroatoms. The fourth-order valence-electron chi connectivity index (χ4n) is 3.14. The van der Waals surface area contributed by atoms with Crippen LogP contribution in [0.1, 0.15) is 18.9 Å². The Balaban J connectivity index is 2.21. The van der Waals surface area contributed by atoms with Crippen LogP contribution in [-0.4, -0.2) is 41.0 Å². The van der Waals surface area contributed by atoms with E-state index in [-0.39, 0.29) is 11.5 Å². The zero-order valence-electron chi connectivity index (χ0n) is 18.3. The number of carboxylic acids is 1. The highest BCUT2D eigenvalue weighted by Crippen LogP contribution is 2.38. The summed E-state index contributed by atoms with van der Waals surface area (Å²) in [4.78, 5) is 46.3. The van der Waals surface area contributed by atoms with Crippen LogP contribution < -0.4 is 9.84 Å². The lowest BCUT2D eigenvalue weighted by Gasteiger charge is -2.32. The van der Waals surface area contributed by atoms with E-state index < -0.39 is 76.1 Å². The second-order valence-corrected chi connectivity index (χ2v) is 8.03. The minimum Gasteiger partial charge on any atom is -0.549 e. The van der Waals surface area contributed by atoms with Crippen LogP contribution in [-0.2, 0) is 30.0 Å². The predicted molar refractivity (Wildman–Crippen MR) is 114 cm³/mol. The lowest BCUT2D eigenvalue weighted by molar-refractivity contribution is -0.564. The standard InChI is InChI=1S/C21H18Cl2F3NO9/c1-11(19(31)35-10-22)18(30)34-7-6-20(27(32)33)5-4-13(9-14(20)17(28)29)36-16-3-2-12(8-15(16)23)21(24,25)26/h2-5,8-9,11,14H,6-7,10H2,1H3,(H,28,29)/p-1. The van der Waals surface area contributed by atoms with E-state index in [2.05, 4.69) is 4.74 Å². The largest absolute Gasteiger partial charge is 0.549 e. The maximum Gasteiger partial charge on any atom is 0.416 e. The van der Waals surface area contributed by atoms with Gasteiger partial charge in [-0.1, -0.05) is 23.2 Å². The fraction of sp³-hybridized carbons (Fsp3) is 0.381. The summed E-state index contributed by atoms with van der Waals surface area (Å²) in [6, 6.07) is 1.68. The van der Waals surface area contributed by atoms with Gasteiger partial charge in [0.1, 0.15) is 11.5 Å². The summed E-state index contributed by atoms with van der Waals surface area (Å²) in [5.74, 6) is -7.79. The highest BCUT2D eigenvalue weighted by Gasteiger charge is 2.50. The lowest BCUT2D eigenvalue weighted by Crippen LogP contribution is -2.53. The van der Waals surface area contributed by atoms with Crippen molar-refractivity contribution in [3.63, 3.8) is 0 Å². The van der Waals surface area contributed by atoms with Crippen molar-refractivity contribution >= 4 is 41.1 Å². The summed E-state index contributed by atoms with van der Waals surface area (Å²) in [6.45, 7) is 0.505. The lowest BCUT2D eigenvalue weighted by atomic mass is 9.78. The first-order valence-electron chi connectivity index (χ1n) is 9.93. The molecule has 0 spiro atoms. The number of allylic oxidation sites excluding steroid dienone is 1. The molecule has 0 saturated carbocycles. The minimum absolute atomic E-state index is 0.266. The Bertz CT molecular complexity index is 1110. The monoisotopic (exact) mass is 554 g/mol. The van der Waals surface area contributed by atoms with E-state index in [1.165, 1.54) is 0 Å². The van der Waals surface area contributed by atoms with Crippen molar-refractivity contribution in [3.8, 4) is 5.75 Å². The van der Waals surface area contributed by atoms with Crippen molar-refractivity contribution in [1.82, 2.24) is 0 Å². The van der Waals surface area contributed by atoms with Crippen molar-refractivity contribution in [1.29, 1.82) is 0 Å². The molecule has 0 aliphatic heterocycles. The molecule has 0 bridgehead atoms. The van der Waals surface area contributed by atoms with E-state index in [0.29, 0.717) is 12.1 Å². The molecule has 2 rings (SSSR count).